The number of hydrogen-bond donors (Lipinski definition) is 2. The van der Waals surface area contributed by atoms with Gasteiger partial charge in [0, 0.05) is 24.8 Å². The third-order valence-corrected chi connectivity index (χ3v) is 3.36. The van der Waals surface area contributed by atoms with Crippen LogP contribution in [-0.4, -0.2) is 27.5 Å². The van der Waals surface area contributed by atoms with Gasteiger partial charge in [0.2, 0.25) is 0 Å². The molecule has 1 unspecified atom stereocenters. The van der Waals surface area contributed by atoms with E-state index in [0.717, 1.165) is 12.5 Å². The molecule has 1 heterocycles. The number of halogens is 3. The van der Waals surface area contributed by atoms with Crippen LogP contribution >= 0.6 is 12.2 Å². The molecule has 0 radical (unpaired) electrons. The molecule has 1 aromatic heterocycles. The van der Waals surface area contributed by atoms with E-state index >= 15 is 0 Å². The molecule has 0 aromatic carbocycles. The van der Waals surface area contributed by atoms with Gasteiger partial charge < -0.3 is 10.6 Å². The summed E-state index contributed by atoms with van der Waals surface area (Å²) in [6, 6.07) is 1.36. The van der Waals surface area contributed by atoms with Crippen LogP contribution in [0.3, 0.4) is 0 Å². The van der Waals surface area contributed by atoms with Crippen LogP contribution in [0, 0.1) is 6.92 Å². The maximum absolute atomic E-state index is 12.5. The van der Waals surface area contributed by atoms with Crippen LogP contribution in [0.25, 0.3) is 0 Å². The van der Waals surface area contributed by atoms with E-state index in [0.29, 0.717) is 36.4 Å². The molecule has 4 nitrogen and oxygen atoms in total. The summed E-state index contributed by atoms with van der Waals surface area (Å²) in [6.07, 6.45) is -2.79. The van der Waals surface area contributed by atoms with Gasteiger partial charge in [0.1, 0.15) is 0 Å². The van der Waals surface area contributed by atoms with Crippen molar-refractivity contribution >= 4 is 17.3 Å². The molecule has 0 aliphatic carbocycles. The first-order valence-electron chi connectivity index (χ1n) is 6.90. The number of rotatable bonds is 6. The van der Waals surface area contributed by atoms with E-state index in [1.165, 1.54) is 4.68 Å². The fraction of sp³-hybridized carbons (Fsp3) is 0.692. The van der Waals surface area contributed by atoms with Gasteiger partial charge in [-0.05, 0) is 45.0 Å². The number of aromatic nitrogens is 2. The number of nitrogens with one attached hydrogen (secondary N) is 2. The Morgan fingerprint density at radius 2 is 2.14 bits per heavy atom. The minimum atomic E-state index is -4.39. The van der Waals surface area contributed by atoms with E-state index in [4.69, 9.17) is 12.2 Å². The molecule has 0 aliphatic heterocycles. The van der Waals surface area contributed by atoms with Crippen molar-refractivity contribution in [1.29, 1.82) is 0 Å². The molecule has 0 amide bonds. The van der Waals surface area contributed by atoms with Gasteiger partial charge in [0.05, 0.1) is 0 Å². The highest BCUT2D eigenvalue weighted by Crippen LogP contribution is 2.28. The summed E-state index contributed by atoms with van der Waals surface area (Å²) in [5.74, 6) is 0. The summed E-state index contributed by atoms with van der Waals surface area (Å²) in [6.45, 7) is 6.70. The van der Waals surface area contributed by atoms with E-state index in [-0.39, 0.29) is 0 Å². The average Bonchev–Trinajstić information content (AvgIpc) is 2.76. The lowest BCUT2D eigenvalue weighted by atomic mass is 10.3. The van der Waals surface area contributed by atoms with E-state index < -0.39 is 11.9 Å². The van der Waals surface area contributed by atoms with Crippen molar-refractivity contribution in [1.82, 2.24) is 20.4 Å². The molecule has 21 heavy (non-hydrogen) atoms. The van der Waals surface area contributed by atoms with Crippen molar-refractivity contribution < 1.29 is 13.2 Å². The Labute approximate surface area is 128 Å². The third kappa shape index (κ3) is 5.91. The summed E-state index contributed by atoms with van der Waals surface area (Å²) < 4.78 is 38.9. The molecule has 8 heteroatoms. The van der Waals surface area contributed by atoms with Crippen molar-refractivity contribution in [2.45, 2.75) is 52.4 Å². The SMILES string of the molecule is CCC(C)NC(=S)NCCCn1nc(C(F)(F)F)cc1C. The molecule has 120 valence electrons. The highest BCUT2D eigenvalue weighted by atomic mass is 32.1. The van der Waals surface area contributed by atoms with Crippen molar-refractivity contribution in [2.75, 3.05) is 6.54 Å². The lowest BCUT2D eigenvalue weighted by Gasteiger charge is -2.15. The van der Waals surface area contributed by atoms with E-state index in [1.807, 2.05) is 6.92 Å². The smallest absolute Gasteiger partial charge is 0.363 e. The summed E-state index contributed by atoms with van der Waals surface area (Å²) in [5, 5.41) is 10.3. The van der Waals surface area contributed by atoms with Crippen LogP contribution in [0.4, 0.5) is 13.2 Å². The van der Waals surface area contributed by atoms with Gasteiger partial charge in [0.15, 0.2) is 10.8 Å². The Hall–Kier alpha value is -1.31. The molecule has 0 bridgehead atoms. The summed E-state index contributed by atoms with van der Waals surface area (Å²) in [7, 11) is 0. The summed E-state index contributed by atoms with van der Waals surface area (Å²) in [4.78, 5) is 0. The minimum Gasteiger partial charge on any atom is -0.363 e. The first-order valence-corrected chi connectivity index (χ1v) is 7.31. The van der Waals surface area contributed by atoms with Crippen molar-refractivity contribution in [3.63, 3.8) is 0 Å². The van der Waals surface area contributed by atoms with Crippen molar-refractivity contribution in [2.24, 2.45) is 0 Å². The molecule has 0 saturated carbocycles. The van der Waals surface area contributed by atoms with Crippen LogP contribution in [0.2, 0.25) is 0 Å². The van der Waals surface area contributed by atoms with Gasteiger partial charge in [-0.25, -0.2) is 0 Å². The Balaban J connectivity index is 2.36. The van der Waals surface area contributed by atoms with Gasteiger partial charge in [-0.1, -0.05) is 6.92 Å². The molecular weight excluding hydrogens is 301 g/mol. The molecule has 0 fully saturated rings. The molecule has 0 aliphatic rings. The largest absolute Gasteiger partial charge is 0.435 e. The van der Waals surface area contributed by atoms with Crippen LogP contribution in [0.15, 0.2) is 6.07 Å². The second-order valence-electron chi connectivity index (χ2n) is 4.95. The van der Waals surface area contributed by atoms with E-state index in [1.54, 1.807) is 6.92 Å². The Morgan fingerprint density at radius 1 is 1.48 bits per heavy atom. The molecule has 0 spiro atoms. The number of hydrogen-bond acceptors (Lipinski definition) is 2. The van der Waals surface area contributed by atoms with Gasteiger partial charge in [0.25, 0.3) is 0 Å². The number of alkyl halides is 3. The first-order chi connectivity index (χ1) is 9.74. The minimum absolute atomic E-state index is 0.299. The van der Waals surface area contributed by atoms with E-state index in [2.05, 4.69) is 22.7 Å². The third-order valence-electron chi connectivity index (χ3n) is 3.09. The van der Waals surface area contributed by atoms with Gasteiger partial charge >= 0.3 is 6.18 Å². The standard InChI is InChI=1S/C13H21F3N4S/c1-4-9(2)18-12(21)17-6-5-7-20-10(3)8-11(19-20)13(14,15)16/h8-9H,4-7H2,1-3H3,(H2,17,18,21). The maximum atomic E-state index is 12.5. The second-order valence-corrected chi connectivity index (χ2v) is 5.36. The summed E-state index contributed by atoms with van der Waals surface area (Å²) in [5.41, 5.74) is -0.343. The van der Waals surface area contributed by atoms with Crippen LogP contribution in [-0.2, 0) is 12.7 Å². The molecule has 2 N–H and O–H groups in total. The Bertz CT molecular complexity index is 470. The highest BCUT2D eigenvalue weighted by Gasteiger charge is 2.34. The number of aryl methyl sites for hydroxylation is 2. The van der Waals surface area contributed by atoms with Gasteiger partial charge in [-0.3, -0.25) is 4.68 Å². The topological polar surface area (TPSA) is 41.9 Å². The molecule has 0 saturated heterocycles. The molecule has 1 rings (SSSR count). The fourth-order valence-corrected chi connectivity index (χ4v) is 1.99. The van der Waals surface area contributed by atoms with Crippen molar-refractivity contribution in [3.8, 4) is 0 Å². The lowest BCUT2D eigenvalue weighted by molar-refractivity contribution is -0.141. The fourth-order valence-electron chi connectivity index (χ4n) is 1.68. The normalized spacial score (nSPS) is 13.0. The average molecular weight is 322 g/mol. The van der Waals surface area contributed by atoms with Crippen LogP contribution in [0.1, 0.15) is 38.1 Å². The Kier molecular flexibility index (Phi) is 6.44. The van der Waals surface area contributed by atoms with Crippen molar-refractivity contribution in [3.05, 3.63) is 17.5 Å². The first kappa shape index (κ1) is 17.7. The van der Waals surface area contributed by atoms with E-state index in [9.17, 15) is 13.2 Å². The predicted molar refractivity (Wildman–Crippen MR) is 80.1 cm³/mol. The highest BCUT2D eigenvalue weighted by molar-refractivity contribution is 7.80. The molecule has 1 atom stereocenters. The second kappa shape index (κ2) is 7.63. The number of nitrogens with zero attached hydrogens (tertiary/aromatic N) is 2. The zero-order valence-electron chi connectivity index (χ0n) is 12.4. The van der Waals surface area contributed by atoms with Crippen LogP contribution < -0.4 is 10.6 Å². The zero-order chi connectivity index (χ0) is 16.0. The van der Waals surface area contributed by atoms with Gasteiger partial charge in [-0.15, -0.1) is 0 Å². The summed E-state index contributed by atoms with van der Waals surface area (Å²) >= 11 is 5.11. The van der Waals surface area contributed by atoms with Gasteiger partial charge in [-0.2, -0.15) is 18.3 Å². The Morgan fingerprint density at radius 3 is 2.67 bits per heavy atom. The quantitative estimate of drug-likeness (QED) is 0.624. The van der Waals surface area contributed by atoms with Crippen LogP contribution in [0.5, 0.6) is 0 Å². The molecule has 1 aromatic rings. The maximum Gasteiger partial charge on any atom is 0.435 e. The number of thiocarbonyl (C=S) groups is 1. The lowest BCUT2D eigenvalue weighted by Crippen LogP contribution is -2.40. The monoisotopic (exact) mass is 322 g/mol. The zero-order valence-corrected chi connectivity index (χ0v) is 13.2. The predicted octanol–water partition coefficient (Wildman–Crippen LogP) is 2.86. The molecular formula is C13H21F3N4S.